The van der Waals surface area contributed by atoms with Gasteiger partial charge in [0.25, 0.3) is 5.88 Å². The highest BCUT2D eigenvalue weighted by molar-refractivity contribution is 5.97. The number of nitrogens with zero attached hydrogens (tertiary/aromatic N) is 3. The number of amidine groups is 1. The molecule has 0 radical (unpaired) electrons. The molecule has 1 heterocycles. The molecular weight excluding hydrogens is 276 g/mol. The van der Waals surface area contributed by atoms with Crippen LogP contribution in [0.1, 0.15) is 44.1 Å². The van der Waals surface area contributed by atoms with Crippen molar-refractivity contribution in [1.82, 2.24) is 4.98 Å². The van der Waals surface area contributed by atoms with Crippen molar-refractivity contribution in [2.75, 3.05) is 0 Å². The molecule has 0 aromatic carbocycles. The third kappa shape index (κ3) is 3.80. The van der Waals surface area contributed by atoms with Crippen molar-refractivity contribution >= 4 is 11.5 Å². The Morgan fingerprint density at radius 1 is 1.43 bits per heavy atom. The van der Waals surface area contributed by atoms with E-state index in [-0.39, 0.29) is 29.1 Å². The van der Waals surface area contributed by atoms with Crippen LogP contribution >= 0.6 is 0 Å². The average molecular weight is 294 g/mol. The molecule has 0 amide bonds. The summed E-state index contributed by atoms with van der Waals surface area (Å²) < 4.78 is 5.70. The van der Waals surface area contributed by atoms with Gasteiger partial charge in [-0.3, -0.25) is 10.1 Å². The molecule has 0 saturated heterocycles. The van der Waals surface area contributed by atoms with Gasteiger partial charge in [-0.1, -0.05) is 18.0 Å². The monoisotopic (exact) mass is 294 g/mol. The number of ether oxygens (including phenoxy) is 1. The number of hydrogen-bond donors (Lipinski definition) is 2. The van der Waals surface area contributed by atoms with Crippen LogP contribution in [0.15, 0.2) is 17.4 Å². The number of aromatic nitrogens is 1. The Morgan fingerprint density at radius 2 is 2.10 bits per heavy atom. The maximum absolute atomic E-state index is 11.1. The van der Waals surface area contributed by atoms with Crippen molar-refractivity contribution in [1.29, 1.82) is 0 Å². The quantitative estimate of drug-likeness (QED) is 0.219. The summed E-state index contributed by atoms with van der Waals surface area (Å²) in [6.07, 6.45) is 7.44. The molecular formula is C13H18N4O4. The molecule has 8 heteroatoms. The van der Waals surface area contributed by atoms with E-state index in [4.69, 9.17) is 15.7 Å². The summed E-state index contributed by atoms with van der Waals surface area (Å²) in [7, 11) is 0. The fourth-order valence-electron chi connectivity index (χ4n) is 2.38. The summed E-state index contributed by atoms with van der Waals surface area (Å²) in [5.74, 6) is -0.243. The van der Waals surface area contributed by atoms with Crippen molar-refractivity contribution in [2.45, 2.75) is 44.6 Å². The van der Waals surface area contributed by atoms with Gasteiger partial charge in [0.2, 0.25) is 0 Å². The van der Waals surface area contributed by atoms with E-state index in [1.165, 1.54) is 12.3 Å². The van der Waals surface area contributed by atoms with Crippen LogP contribution in [0.25, 0.3) is 0 Å². The van der Waals surface area contributed by atoms with E-state index in [0.29, 0.717) is 0 Å². The van der Waals surface area contributed by atoms with Gasteiger partial charge in [0.15, 0.2) is 5.84 Å². The van der Waals surface area contributed by atoms with Crippen molar-refractivity contribution in [2.24, 2.45) is 10.9 Å². The first-order valence-corrected chi connectivity index (χ1v) is 6.91. The third-order valence-corrected chi connectivity index (χ3v) is 3.51. The summed E-state index contributed by atoms with van der Waals surface area (Å²) in [4.78, 5) is 14.5. The molecule has 0 spiro atoms. The van der Waals surface area contributed by atoms with Crippen molar-refractivity contribution in [3.05, 3.63) is 27.9 Å². The first-order valence-electron chi connectivity index (χ1n) is 6.91. The normalized spacial score (nSPS) is 17.2. The molecule has 3 N–H and O–H groups in total. The molecule has 1 aliphatic carbocycles. The average Bonchev–Trinajstić information content (AvgIpc) is 2.75. The third-order valence-electron chi connectivity index (χ3n) is 3.51. The van der Waals surface area contributed by atoms with Gasteiger partial charge in [-0.15, -0.1) is 0 Å². The molecule has 114 valence electrons. The molecule has 1 aliphatic rings. The second-order valence-corrected chi connectivity index (χ2v) is 5.02. The number of pyridine rings is 1. The van der Waals surface area contributed by atoms with Gasteiger partial charge in [-0.05, 0) is 25.7 Å². The van der Waals surface area contributed by atoms with Gasteiger partial charge in [-0.25, -0.2) is 4.98 Å². The second kappa shape index (κ2) is 6.87. The number of oxime groups is 1. The lowest BCUT2D eigenvalue weighted by molar-refractivity contribution is -0.386. The van der Waals surface area contributed by atoms with E-state index in [1.807, 2.05) is 0 Å². The summed E-state index contributed by atoms with van der Waals surface area (Å²) in [5, 5.41) is 22.6. The van der Waals surface area contributed by atoms with Crippen molar-refractivity contribution in [3.63, 3.8) is 0 Å². The van der Waals surface area contributed by atoms with E-state index >= 15 is 0 Å². The lowest BCUT2D eigenvalue weighted by Gasteiger charge is -2.16. The Hall–Kier alpha value is -2.38. The van der Waals surface area contributed by atoms with Gasteiger partial charge in [0.05, 0.1) is 4.92 Å². The fraction of sp³-hybridized carbons (Fsp3) is 0.538. The van der Waals surface area contributed by atoms with Gasteiger partial charge in [0, 0.05) is 17.8 Å². The first kappa shape index (κ1) is 15.0. The van der Waals surface area contributed by atoms with Gasteiger partial charge in [0.1, 0.15) is 6.10 Å². The van der Waals surface area contributed by atoms with Crippen LogP contribution in [-0.2, 0) is 0 Å². The summed E-state index contributed by atoms with van der Waals surface area (Å²) in [5.41, 5.74) is 5.32. The Balaban J connectivity index is 2.23. The number of rotatable bonds is 4. The molecule has 1 fully saturated rings. The van der Waals surface area contributed by atoms with Gasteiger partial charge in [-0.2, -0.15) is 0 Å². The van der Waals surface area contributed by atoms with Crippen LogP contribution in [0.3, 0.4) is 0 Å². The highest BCUT2D eigenvalue weighted by Gasteiger charge is 2.23. The Bertz CT molecular complexity index is 539. The molecule has 1 aromatic rings. The van der Waals surface area contributed by atoms with Crippen molar-refractivity contribution in [3.8, 4) is 5.88 Å². The zero-order valence-corrected chi connectivity index (χ0v) is 11.6. The molecule has 8 nitrogen and oxygen atoms in total. The van der Waals surface area contributed by atoms with Crippen LogP contribution in [-0.4, -0.2) is 27.1 Å². The Morgan fingerprint density at radius 3 is 2.67 bits per heavy atom. The molecule has 0 unspecified atom stereocenters. The summed E-state index contributed by atoms with van der Waals surface area (Å²) in [6.45, 7) is 0. The van der Waals surface area contributed by atoms with E-state index in [1.54, 1.807) is 0 Å². The molecule has 21 heavy (non-hydrogen) atoms. The zero-order valence-electron chi connectivity index (χ0n) is 11.6. The topological polar surface area (TPSA) is 124 Å². The molecule has 0 bridgehead atoms. The van der Waals surface area contributed by atoms with Crippen LogP contribution < -0.4 is 10.5 Å². The molecule has 1 aromatic heterocycles. The molecule has 0 aliphatic heterocycles. The fourth-order valence-corrected chi connectivity index (χ4v) is 2.38. The number of hydrogen-bond acceptors (Lipinski definition) is 6. The summed E-state index contributed by atoms with van der Waals surface area (Å²) >= 11 is 0. The second-order valence-electron chi connectivity index (χ2n) is 5.02. The van der Waals surface area contributed by atoms with Crippen LogP contribution in [0, 0.1) is 10.1 Å². The summed E-state index contributed by atoms with van der Waals surface area (Å²) in [6, 6.07) is 1.20. The lowest BCUT2D eigenvalue weighted by Crippen LogP contribution is -2.18. The SMILES string of the molecule is NC(=NO)c1cnc(OC2CCCCCC2)c([N+](=O)[O-])c1. The molecule has 2 rings (SSSR count). The van der Waals surface area contributed by atoms with Gasteiger partial charge < -0.3 is 15.7 Å². The first-order chi connectivity index (χ1) is 10.1. The predicted molar refractivity (Wildman–Crippen MR) is 75.5 cm³/mol. The van der Waals surface area contributed by atoms with E-state index in [9.17, 15) is 10.1 Å². The Labute approximate surface area is 121 Å². The molecule has 1 saturated carbocycles. The van der Waals surface area contributed by atoms with Crippen LogP contribution in [0.5, 0.6) is 5.88 Å². The highest BCUT2D eigenvalue weighted by Crippen LogP contribution is 2.29. The standard InChI is InChI=1S/C13H18N4O4/c14-12(16-18)9-7-11(17(19)20)13(15-8-9)21-10-5-3-1-2-4-6-10/h7-8,10,18H,1-6H2,(H2,14,16). The maximum atomic E-state index is 11.1. The minimum atomic E-state index is -0.576. The highest BCUT2D eigenvalue weighted by atomic mass is 16.6. The zero-order chi connectivity index (χ0) is 15.2. The minimum absolute atomic E-state index is 0.0126. The van der Waals surface area contributed by atoms with Crippen molar-refractivity contribution < 1.29 is 14.9 Å². The van der Waals surface area contributed by atoms with E-state index in [0.717, 1.165) is 38.5 Å². The maximum Gasteiger partial charge on any atom is 0.331 e. The minimum Gasteiger partial charge on any atom is -0.469 e. The van der Waals surface area contributed by atoms with Gasteiger partial charge >= 0.3 is 5.69 Å². The van der Waals surface area contributed by atoms with E-state index in [2.05, 4.69) is 10.1 Å². The Kier molecular flexibility index (Phi) is 4.91. The van der Waals surface area contributed by atoms with E-state index < -0.39 is 4.92 Å². The number of nitro groups is 1. The smallest absolute Gasteiger partial charge is 0.331 e. The predicted octanol–water partition coefficient (Wildman–Crippen LogP) is 2.19. The van der Waals surface area contributed by atoms with Crippen LogP contribution in [0.2, 0.25) is 0 Å². The largest absolute Gasteiger partial charge is 0.469 e. The lowest BCUT2D eigenvalue weighted by atomic mass is 10.1. The number of nitrogens with two attached hydrogens (primary N) is 1. The molecule has 0 atom stereocenters. The van der Waals surface area contributed by atoms with Crippen LogP contribution in [0.4, 0.5) is 5.69 Å².